The zero-order chi connectivity index (χ0) is 16.0. The van der Waals surface area contributed by atoms with E-state index in [9.17, 15) is 22.8 Å². The molecule has 21 heavy (non-hydrogen) atoms. The maximum atomic E-state index is 12.0. The number of hydrogen-bond acceptors (Lipinski definition) is 3. The number of nitrogens with one attached hydrogen (secondary N) is 2. The van der Waals surface area contributed by atoms with E-state index < -0.39 is 24.7 Å². The van der Waals surface area contributed by atoms with Gasteiger partial charge >= 0.3 is 6.18 Å². The number of halogens is 3. The van der Waals surface area contributed by atoms with Gasteiger partial charge in [-0.2, -0.15) is 13.2 Å². The van der Waals surface area contributed by atoms with Crippen LogP contribution in [-0.4, -0.2) is 30.6 Å². The molecule has 1 atom stereocenters. The highest BCUT2D eigenvalue weighted by atomic mass is 19.4. The Balaban J connectivity index is 2.54. The second kappa shape index (κ2) is 6.96. The fourth-order valence-corrected chi connectivity index (χ4v) is 1.42. The summed E-state index contributed by atoms with van der Waals surface area (Å²) in [4.78, 5) is 22.5. The third-order valence-electron chi connectivity index (χ3n) is 2.34. The number of alkyl halides is 3. The number of ether oxygens (including phenoxy) is 1. The molecule has 1 aromatic rings. The third kappa shape index (κ3) is 6.64. The van der Waals surface area contributed by atoms with Gasteiger partial charge in [-0.1, -0.05) is 0 Å². The number of rotatable bonds is 5. The van der Waals surface area contributed by atoms with Gasteiger partial charge < -0.3 is 15.4 Å². The Morgan fingerprint density at radius 2 is 1.81 bits per heavy atom. The molecule has 1 unspecified atom stereocenters. The van der Waals surface area contributed by atoms with Crippen molar-refractivity contribution in [2.24, 2.45) is 0 Å². The minimum atomic E-state index is -4.40. The first-order chi connectivity index (χ1) is 9.67. The highest BCUT2D eigenvalue weighted by molar-refractivity contribution is 5.96. The summed E-state index contributed by atoms with van der Waals surface area (Å²) in [5.74, 6) is -0.733. The van der Waals surface area contributed by atoms with Crippen molar-refractivity contribution in [1.82, 2.24) is 5.32 Å². The monoisotopic (exact) mass is 304 g/mol. The van der Waals surface area contributed by atoms with E-state index in [1.54, 1.807) is 0 Å². The van der Waals surface area contributed by atoms with Crippen LogP contribution in [0.5, 0.6) is 5.75 Å². The summed E-state index contributed by atoms with van der Waals surface area (Å²) < 4.78 is 40.4. The SMILES string of the molecule is CC(=O)NC(C)C(=O)Nc1ccc(OCC(F)(F)F)cc1. The van der Waals surface area contributed by atoms with Crippen molar-refractivity contribution in [3.8, 4) is 5.75 Å². The first-order valence-corrected chi connectivity index (χ1v) is 6.05. The van der Waals surface area contributed by atoms with Crippen molar-refractivity contribution in [1.29, 1.82) is 0 Å². The standard InChI is InChI=1S/C13H15F3N2O3/c1-8(17-9(2)19)12(20)18-10-3-5-11(6-4-10)21-7-13(14,15)16/h3-6,8H,7H2,1-2H3,(H,17,19)(H,18,20). The van der Waals surface area contributed by atoms with Gasteiger partial charge in [0, 0.05) is 12.6 Å². The van der Waals surface area contributed by atoms with Gasteiger partial charge in [0.2, 0.25) is 11.8 Å². The molecule has 8 heteroatoms. The smallest absolute Gasteiger partial charge is 0.422 e. The maximum absolute atomic E-state index is 12.0. The summed E-state index contributed by atoms with van der Waals surface area (Å²) >= 11 is 0. The van der Waals surface area contributed by atoms with Gasteiger partial charge in [-0.3, -0.25) is 9.59 Å². The summed E-state index contributed by atoms with van der Waals surface area (Å²) in [6.07, 6.45) is -4.40. The van der Waals surface area contributed by atoms with E-state index in [1.807, 2.05) is 0 Å². The number of anilines is 1. The molecule has 0 aliphatic heterocycles. The predicted molar refractivity (Wildman–Crippen MR) is 69.9 cm³/mol. The highest BCUT2D eigenvalue weighted by Gasteiger charge is 2.28. The number of amides is 2. The molecule has 2 N–H and O–H groups in total. The van der Waals surface area contributed by atoms with Gasteiger partial charge in [-0.05, 0) is 31.2 Å². The summed E-state index contributed by atoms with van der Waals surface area (Å²) in [5.41, 5.74) is 0.386. The van der Waals surface area contributed by atoms with E-state index in [0.29, 0.717) is 5.69 Å². The Labute approximate surface area is 119 Å². The molecule has 116 valence electrons. The van der Waals surface area contributed by atoms with Crippen molar-refractivity contribution in [3.05, 3.63) is 24.3 Å². The summed E-state index contributed by atoms with van der Waals surface area (Å²) in [7, 11) is 0. The van der Waals surface area contributed by atoms with Crippen LogP contribution < -0.4 is 15.4 Å². The van der Waals surface area contributed by atoms with Crippen LogP contribution in [0.2, 0.25) is 0 Å². The average Bonchev–Trinajstić information content (AvgIpc) is 2.36. The number of carbonyl (C=O) groups is 2. The van der Waals surface area contributed by atoms with E-state index in [0.717, 1.165) is 0 Å². The molecule has 0 spiro atoms. The number of benzene rings is 1. The predicted octanol–water partition coefficient (Wildman–Crippen LogP) is 2.09. The minimum Gasteiger partial charge on any atom is -0.484 e. The molecule has 0 aliphatic rings. The molecule has 0 fully saturated rings. The van der Waals surface area contributed by atoms with E-state index in [1.165, 1.54) is 38.1 Å². The summed E-state index contributed by atoms with van der Waals surface area (Å²) in [6, 6.07) is 4.71. The van der Waals surface area contributed by atoms with E-state index in [2.05, 4.69) is 15.4 Å². The Morgan fingerprint density at radius 1 is 1.24 bits per heavy atom. The average molecular weight is 304 g/mol. The molecular formula is C13H15F3N2O3. The lowest BCUT2D eigenvalue weighted by molar-refractivity contribution is -0.153. The normalized spacial score (nSPS) is 12.4. The first kappa shape index (κ1) is 16.8. The zero-order valence-corrected chi connectivity index (χ0v) is 11.5. The van der Waals surface area contributed by atoms with Gasteiger partial charge in [0.05, 0.1) is 0 Å². The van der Waals surface area contributed by atoms with Gasteiger partial charge in [0.15, 0.2) is 6.61 Å². The molecule has 1 aromatic carbocycles. The van der Waals surface area contributed by atoms with Crippen LogP contribution >= 0.6 is 0 Å². The quantitative estimate of drug-likeness (QED) is 0.875. The molecule has 5 nitrogen and oxygen atoms in total. The second-order valence-corrected chi connectivity index (χ2v) is 4.34. The molecule has 0 bridgehead atoms. The molecule has 0 aromatic heterocycles. The lowest BCUT2D eigenvalue weighted by Gasteiger charge is -2.13. The molecule has 0 radical (unpaired) electrons. The fraction of sp³-hybridized carbons (Fsp3) is 0.385. The summed E-state index contributed by atoms with van der Waals surface area (Å²) in [6.45, 7) is 1.42. The van der Waals surface area contributed by atoms with Crippen LogP contribution in [0.15, 0.2) is 24.3 Å². The van der Waals surface area contributed by atoms with Crippen molar-refractivity contribution in [2.75, 3.05) is 11.9 Å². The molecule has 0 heterocycles. The Morgan fingerprint density at radius 3 is 2.29 bits per heavy atom. The van der Waals surface area contributed by atoms with Gasteiger partial charge in [0.1, 0.15) is 11.8 Å². The van der Waals surface area contributed by atoms with E-state index in [-0.39, 0.29) is 11.7 Å². The van der Waals surface area contributed by atoms with Crippen molar-refractivity contribution in [2.45, 2.75) is 26.1 Å². The lowest BCUT2D eigenvalue weighted by Crippen LogP contribution is -2.40. The topological polar surface area (TPSA) is 67.4 Å². The number of carbonyl (C=O) groups excluding carboxylic acids is 2. The molecular weight excluding hydrogens is 289 g/mol. The lowest BCUT2D eigenvalue weighted by atomic mass is 10.2. The zero-order valence-electron chi connectivity index (χ0n) is 11.5. The van der Waals surface area contributed by atoms with Crippen LogP contribution in [0.1, 0.15) is 13.8 Å². The van der Waals surface area contributed by atoms with Crippen LogP contribution in [0.25, 0.3) is 0 Å². The highest BCUT2D eigenvalue weighted by Crippen LogP contribution is 2.20. The van der Waals surface area contributed by atoms with Crippen molar-refractivity contribution < 1.29 is 27.5 Å². The number of hydrogen-bond donors (Lipinski definition) is 2. The van der Waals surface area contributed by atoms with Gasteiger partial charge in [-0.25, -0.2) is 0 Å². The Kier molecular flexibility index (Phi) is 5.57. The Hall–Kier alpha value is -2.25. The van der Waals surface area contributed by atoms with Gasteiger partial charge in [-0.15, -0.1) is 0 Å². The third-order valence-corrected chi connectivity index (χ3v) is 2.34. The van der Waals surface area contributed by atoms with Crippen molar-refractivity contribution in [3.63, 3.8) is 0 Å². The first-order valence-electron chi connectivity index (χ1n) is 6.05. The fourth-order valence-electron chi connectivity index (χ4n) is 1.42. The molecule has 0 aliphatic carbocycles. The molecule has 0 saturated heterocycles. The van der Waals surface area contributed by atoms with Crippen LogP contribution in [0.4, 0.5) is 18.9 Å². The van der Waals surface area contributed by atoms with Crippen LogP contribution in [0.3, 0.4) is 0 Å². The maximum Gasteiger partial charge on any atom is 0.422 e. The minimum absolute atomic E-state index is 0.0419. The largest absolute Gasteiger partial charge is 0.484 e. The molecule has 2 amide bonds. The Bertz CT molecular complexity index is 500. The van der Waals surface area contributed by atoms with Crippen molar-refractivity contribution >= 4 is 17.5 Å². The van der Waals surface area contributed by atoms with E-state index >= 15 is 0 Å². The van der Waals surface area contributed by atoms with Crippen LogP contribution in [0, 0.1) is 0 Å². The van der Waals surface area contributed by atoms with Gasteiger partial charge in [0.25, 0.3) is 0 Å². The summed E-state index contributed by atoms with van der Waals surface area (Å²) in [5, 5.41) is 4.93. The molecule has 1 rings (SSSR count). The van der Waals surface area contributed by atoms with E-state index in [4.69, 9.17) is 0 Å². The van der Waals surface area contributed by atoms with Crippen LogP contribution in [-0.2, 0) is 9.59 Å². The second-order valence-electron chi connectivity index (χ2n) is 4.34. The molecule has 0 saturated carbocycles.